The molecule has 2 aromatic rings. The highest BCUT2D eigenvalue weighted by Gasteiger charge is 2.14. The summed E-state index contributed by atoms with van der Waals surface area (Å²) in [6.07, 6.45) is 0. The van der Waals surface area contributed by atoms with Crippen molar-refractivity contribution in [1.82, 2.24) is 5.32 Å². The molecule has 23 heavy (non-hydrogen) atoms. The SMILES string of the molecule is CCOc1ccccc1NC(=O)N[C@H](C)c1ccc(Cl)cc1Cl. The van der Waals surface area contributed by atoms with E-state index in [-0.39, 0.29) is 12.1 Å². The van der Waals surface area contributed by atoms with Gasteiger partial charge in [0.1, 0.15) is 5.75 Å². The van der Waals surface area contributed by atoms with Crippen molar-refractivity contribution in [1.29, 1.82) is 0 Å². The highest BCUT2D eigenvalue weighted by molar-refractivity contribution is 6.35. The van der Waals surface area contributed by atoms with Gasteiger partial charge in [0.2, 0.25) is 0 Å². The van der Waals surface area contributed by atoms with Gasteiger partial charge in [0.25, 0.3) is 0 Å². The molecule has 0 bridgehead atoms. The first kappa shape index (κ1) is 17.4. The number of nitrogens with one attached hydrogen (secondary N) is 2. The van der Waals surface area contributed by atoms with Crippen molar-refractivity contribution in [2.75, 3.05) is 11.9 Å². The van der Waals surface area contributed by atoms with Crippen LogP contribution in [0.1, 0.15) is 25.5 Å². The number of hydrogen-bond acceptors (Lipinski definition) is 2. The lowest BCUT2D eigenvalue weighted by Crippen LogP contribution is -2.31. The van der Waals surface area contributed by atoms with Gasteiger partial charge in [0.15, 0.2) is 0 Å². The number of anilines is 1. The summed E-state index contributed by atoms with van der Waals surface area (Å²) in [6, 6.07) is 11.9. The second-order valence-electron chi connectivity index (χ2n) is 4.92. The summed E-state index contributed by atoms with van der Waals surface area (Å²) in [5.74, 6) is 0.627. The minimum Gasteiger partial charge on any atom is -0.492 e. The fraction of sp³-hybridized carbons (Fsp3) is 0.235. The number of ether oxygens (including phenoxy) is 1. The smallest absolute Gasteiger partial charge is 0.319 e. The van der Waals surface area contributed by atoms with E-state index < -0.39 is 0 Å². The van der Waals surface area contributed by atoms with Crippen molar-refractivity contribution >= 4 is 34.9 Å². The molecule has 122 valence electrons. The monoisotopic (exact) mass is 352 g/mol. The summed E-state index contributed by atoms with van der Waals surface area (Å²) < 4.78 is 5.48. The van der Waals surface area contributed by atoms with Crippen LogP contribution in [0.25, 0.3) is 0 Å². The van der Waals surface area contributed by atoms with E-state index in [2.05, 4.69) is 10.6 Å². The fourth-order valence-corrected chi connectivity index (χ4v) is 2.71. The molecule has 6 heteroatoms. The first-order valence-corrected chi connectivity index (χ1v) is 8.01. The van der Waals surface area contributed by atoms with Crippen molar-refractivity contribution in [3.8, 4) is 5.75 Å². The van der Waals surface area contributed by atoms with E-state index in [1.54, 1.807) is 30.3 Å². The second-order valence-corrected chi connectivity index (χ2v) is 5.76. The third kappa shape index (κ3) is 4.78. The molecular formula is C17H18Cl2N2O2. The molecule has 0 aliphatic heterocycles. The molecule has 0 aromatic heterocycles. The van der Waals surface area contributed by atoms with Crippen molar-refractivity contribution in [2.45, 2.75) is 19.9 Å². The Morgan fingerprint density at radius 3 is 2.65 bits per heavy atom. The van der Waals surface area contributed by atoms with Gasteiger partial charge in [-0.05, 0) is 43.7 Å². The number of rotatable bonds is 5. The summed E-state index contributed by atoms with van der Waals surface area (Å²) in [5.41, 5.74) is 1.41. The zero-order valence-corrected chi connectivity index (χ0v) is 14.4. The normalized spacial score (nSPS) is 11.7. The average molecular weight is 353 g/mol. The van der Waals surface area contributed by atoms with Gasteiger partial charge in [0.05, 0.1) is 18.3 Å². The van der Waals surface area contributed by atoms with Gasteiger partial charge in [-0.2, -0.15) is 0 Å². The number of carbonyl (C=O) groups is 1. The molecule has 0 saturated carbocycles. The molecule has 0 saturated heterocycles. The van der Waals surface area contributed by atoms with Gasteiger partial charge < -0.3 is 15.4 Å². The van der Waals surface area contributed by atoms with Crippen LogP contribution in [0.5, 0.6) is 5.75 Å². The summed E-state index contributed by atoms with van der Waals surface area (Å²) in [5, 5.41) is 6.69. The molecule has 4 nitrogen and oxygen atoms in total. The van der Waals surface area contributed by atoms with Gasteiger partial charge in [-0.25, -0.2) is 4.79 Å². The molecule has 0 spiro atoms. The topological polar surface area (TPSA) is 50.4 Å². The van der Waals surface area contributed by atoms with Crippen LogP contribution in [0.15, 0.2) is 42.5 Å². The van der Waals surface area contributed by atoms with Crippen LogP contribution in [0.2, 0.25) is 10.0 Å². The van der Waals surface area contributed by atoms with Crippen molar-refractivity contribution in [3.05, 3.63) is 58.1 Å². The minimum absolute atomic E-state index is 0.265. The van der Waals surface area contributed by atoms with Crippen LogP contribution in [0.4, 0.5) is 10.5 Å². The fourth-order valence-electron chi connectivity index (χ4n) is 2.14. The predicted molar refractivity (Wildman–Crippen MR) is 94.6 cm³/mol. The predicted octanol–water partition coefficient (Wildman–Crippen LogP) is 5.27. The highest BCUT2D eigenvalue weighted by Crippen LogP contribution is 2.27. The number of amides is 2. The number of hydrogen-bond donors (Lipinski definition) is 2. The minimum atomic E-state index is -0.337. The van der Waals surface area contributed by atoms with Gasteiger partial charge in [-0.15, -0.1) is 0 Å². The van der Waals surface area contributed by atoms with E-state index in [9.17, 15) is 4.79 Å². The molecule has 2 amide bonds. The van der Waals surface area contributed by atoms with Gasteiger partial charge in [-0.1, -0.05) is 41.4 Å². The number of benzene rings is 2. The van der Waals surface area contributed by atoms with Crippen LogP contribution in [0, 0.1) is 0 Å². The lowest BCUT2D eigenvalue weighted by molar-refractivity contribution is 0.249. The molecular weight excluding hydrogens is 335 g/mol. The third-order valence-electron chi connectivity index (χ3n) is 3.21. The maximum atomic E-state index is 12.2. The quantitative estimate of drug-likeness (QED) is 0.769. The molecule has 0 heterocycles. The van der Waals surface area contributed by atoms with Crippen LogP contribution in [-0.4, -0.2) is 12.6 Å². The summed E-state index contributed by atoms with van der Waals surface area (Å²) >= 11 is 12.0. The number of carbonyl (C=O) groups excluding carboxylic acids is 1. The summed E-state index contributed by atoms with van der Waals surface area (Å²) in [7, 11) is 0. The van der Waals surface area contributed by atoms with Crippen molar-refractivity contribution in [3.63, 3.8) is 0 Å². The Hall–Kier alpha value is -1.91. The summed E-state index contributed by atoms with van der Waals surface area (Å²) in [4.78, 5) is 12.2. The Morgan fingerprint density at radius 1 is 1.22 bits per heavy atom. The Balaban J connectivity index is 2.04. The maximum absolute atomic E-state index is 12.2. The standard InChI is InChI=1S/C17H18Cl2N2O2/c1-3-23-16-7-5-4-6-15(16)21-17(22)20-11(2)13-9-8-12(18)10-14(13)19/h4-11H,3H2,1-2H3,(H2,20,21,22)/t11-/m1/s1. The van der Waals surface area contributed by atoms with E-state index in [1.807, 2.05) is 26.0 Å². The lowest BCUT2D eigenvalue weighted by atomic mass is 10.1. The van der Waals surface area contributed by atoms with Crippen LogP contribution >= 0.6 is 23.2 Å². The van der Waals surface area contributed by atoms with Gasteiger partial charge in [0, 0.05) is 10.0 Å². The van der Waals surface area contributed by atoms with E-state index >= 15 is 0 Å². The first-order valence-electron chi connectivity index (χ1n) is 7.25. The molecule has 2 rings (SSSR count). The molecule has 2 aromatic carbocycles. The van der Waals surface area contributed by atoms with E-state index in [1.165, 1.54) is 0 Å². The van der Waals surface area contributed by atoms with E-state index in [0.29, 0.717) is 28.1 Å². The number of para-hydroxylation sites is 2. The third-order valence-corrected chi connectivity index (χ3v) is 3.77. The van der Waals surface area contributed by atoms with Crippen molar-refractivity contribution < 1.29 is 9.53 Å². The molecule has 0 aliphatic rings. The summed E-state index contributed by atoms with van der Waals surface area (Å²) in [6.45, 7) is 4.27. The lowest BCUT2D eigenvalue weighted by Gasteiger charge is -2.17. The largest absolute Gasteiger partial charge is 0.492 e. The Kier molecular flexibility index (Phi) is 6.13. The molecule has 0 unspecified atom stereocenters. The number of halogens is 2. The molecule has 1 atom stereocenters. The van der Waals surface area contributed by atoms with Crippen LogP contribution < -0.4 is 15.4 Å². The Labute approximate surface area is 145 Å². The Morgan fingerprint density at radius 2 is 1.96 bits per heavy atom. The maximum Gasteiger partial charge on any atom is 0.319 e. The zero-order chi connectivity index (χ0) is 16.8. The molecule has 0 radical (unpaired) electrons. The number of urea groups is 1. The molecule has 2 N–H and O–H groups in total. The molecule has 0 fully saturated rings. The average Bonchev–Trinajstić information content (AvgIpc) is 2.49. The first-order chi connectivity index (χ1) is 11.0. The highest BCUT2D eigenvalue weighted by atomic mass is 35.5. The van der Waals surface area contributed by atoms with E-state index in [0.717, 1.165) is 5.56 Å². The van der Waals surface area contributed by atoms with Crippen LogP contribution in [-0.2, 0) is 0 Å². The Bertz CT molecular complexity index is 692. The van der Waals surface area contributed by atoms with Gasteiger partial charge in [-0.3, -0.25) is 0 Å². The van der Waals surface area contributed by atoms with Crippen LogP contribution in [0.3, 0.4) is 0 Å². The van der Waals surface area contributed by atoms with Gasteiger partial charge >= 0.3 is 6.03 Å². The zero-order valence-electron chi connectivity index (χ0n) is 12.9. The second kappa shape index (κ2) is 8.09. The van der Waals surface area contributed by atoms with Crippen molar-refractivity contribution in [2.24, 2.45) is 0 Å². The molecule has 0 aliphatic carbocycles. The van der Waals surface area contributed by atoms with E-state index in [4.69, 9.17) is 27.9 Å².